The Balaban J connectivity index is 1.67. The van der Waals surface area contributed by atoms with E-state index in [1.54, 1.807) is 5.38 Å². The average molecular weight is 334 g/mol. The smallest absolute Gasteiger partial charge is 0.270 e. The minimum Gasteiger partial charge on any atom is -0.465 e. The van der Waals surface area contributed by atoms with E-state index >= 15 is 0 Å². The number of hydrogen-bond acceptors (Lipinski definition) is 6. The van der Waals surface area contributed by atoms with Gasteiger partial charge in [-0.25, -0.2) is 4.98 Å². The third kappa shape index (κ3) is 3.80. The lowest BCUT2D eigenvalue weighted by Crippen LogP contribution is -2.36. The first kappa shape index (κ1) is 16.2. The SMILES string of the molecule is Cc1ccc(C(CNC(=O)c2csc(CN)n2)N2CCCC2)o1. The fourth-order valence-corrected chi connectivity index (χ4v) is 3.54. The highest BCUT2D eigenvalue weighted by molar-refractivity contribution is 7.09. The second kappa shape index (κ2) is 7.25. The molecule has 0 radical (unpaired) electrons. The number of carbonyl (C=O) groups excluding carboxylic acids is 1. The first-order chi connectivity index (χ1) is 11.2. The second-order valence-corrected chi connectivity index (χ2v) is 6.69. The van der Waals surface area contributed by atoms with Crippen molar-refractivity contribution < 1.29 is 9.21 Å². The number of aromatic nitrogens is 1. The van der Waals surface area contributed by atoms with Crippen molar-refractivity contribution in [1.82, 2.24) is 15.2 Å². The van der Waals surface area contributed by atoms with Crippen LogP contribution in [0.5, 0.6) is 0 Å². The first-order valence-corrected chi connectivity index (χ1v) is 8.78. The van der Waals surface area contributed by atoms with Crippen molar-refractivity contribution in [2.45, 2.75) is 32.4 Å². The number of amides is 1. The average Bonchev–Trinajstić information content (AvgIpc) is 3.29. The number of nitrogens with zero attached hydrogens (tertiary/aromatic N) is 2. The summed E-state index contributed by atoms with van der Waals surface area (Å²) >= 11 is 1.41. The number of hydrogen-bond donors (Lipinski definition) is 2. The van der Waals surface area contributed by atoms with Crippen LogP contribution < -0.4 is 11.1 Å². The van der Waals surface area contributed by atoms with E-state index in [0.717, 1.165) is 29.6 Å². The van der Waals surface area contributed by atoms with Crippen molar-refractivity contribution in [2.75, 3.05) is 19.6 Å². The number of aryl methyl sites for hydroxylation is 1. The van der Waals surface area contributed by atoms with Crippen molar-refractivity contribution in [2.24, 2.45) is 5.73 Å². The van der Waals surface area contributed by atoms with Crippen LogP contribution >= 0.6 is 11.3 Å². The van der Waals surface area contributed by atoms with Gasteiger partial charge in [-0.1, -0.05) is 0 Å². The topological polar surface area (TPSA) is 84.4 Å². The number of nitrogens with one attached hydrogen (secondary N) is 1. The van der Waals surface area contributed by atoms with E-state index in [1.807, 2.05) is 19.1 Å². The fourth-order valence-electron chi connectivity index (χ4n) is 2.88. The molecule has 124 valence electrons. The summed E-state index contributed by atoms with van der Waals surface area (Å²) in [5.74, 6) is 1.64. The lowest BCUT2D eigenvalue weighted by atomic mass is 10.2. The molecule has 0 aromatic carbocycles. The van der Waals surface area contributed by atoms with Gasteiger partial charge >= 0.3 is 0 Å². The molecule has 1 atom stereocenters. The number of thiazole rings is 1. The van der Waals surface area contributed by atoms with E-state index in [2.05, 4.69) is 15.2 Å². The van der Waals surface area contributed by atoms with Gasteiger partial charge in [0.2, 0.25) is 0 Å². The quantitative estimate of drug-likeness (QED) is 0.845. The second-order valence-electron chi connectivity index (χ2n) is 5.75. The van der Waals surface area contributed by atoms with Gasteiger partial charge in [-0.3, -0.25) is 9.69 Å². The molecule has 1 aliphatic heterocycles. The Kier molecular flexibility index (Phi) is 5.09. The molecule has 2 aromatic rings. The standard InChI is InChI=1S/C16H22N4O2S/c1-11-4-5-14(22-11)13(20-6-2-3-7-20)9-18-16(21)12-10-23-15(8-17)19-12/h4-5,10,13H,2-3,6-9,17H2,1H3,(H,18,21). The van der Waals surface area contributed by atoms with Crippen LogP contribution in [0.25, 0.3) is 0 Å². The molecule has 0 spiro atoms. The van der Waals surface area contributed by atoms with Gasteiger partial charge in [-0.05, 0) is 45.0 Å². The molecule has 3 rings (SSSR count). The van der Waals surface area contributed by atoms with E-state index in [4.69, 9.17) is 10.2 Å². The van der Waals surface area contributed by atoms with Crippen molar-refractivity contribution in [3.05, 3.63) is 39.7 Å². The summed E-state index contributed by atoms with van der Waals surface area (Å²) in [5, 5.41) is 5.50. The van der Waals surface area contributed by atoms with Crippen molar-refractivity contribution >= 4 is 17.2 Å². The van der Waals surface area contributed by atoms with Crippen LogP contribution in [0.2, 0.25) is 0 Å². The Morgan fingerprint density at radius 2 is 2.26 bits per heavy atom. The summed E-state index contributed by atoms with van der Waals surface area (Å²) in [7, 11) is 0. The number of nitrogens with two attached hydrogens (primary N) is 1. The normalized spacial score (nSPS) is 16.6. The molecule has 1 unspecified atom stereocenters. The predicted molar refractivity (Wildman–Crippen MR) is 89.3 cm³/mol. The van der Waals surface area contributed by atoms with Crippen LogP contribution in [0.1, 0.15) is 45.9 Å². The highest BCUT2D eigenvalue weighted by atomic mass is 32.1. The summed E-state index contributed by atoms with van der Waals surface area (Å²) in [6, 6.07) is 4.04. The number of carbonyl (C=O) groups is 1. The predicted octanol–water partition coefficient (Wildman–Crippen LogP) is 2.07. The van der Waals surface area contributed by atoms with Crippen LogP contribution in [-0.2, 0) is 6.54 Å². The molecule has 3 N–H and O–H groups in total. The van der Waals surface area contributed by atoms with E-state index in [9.17, 15) is 4.79 Å². The Bertz CT molecular complexity index is 661. The molecule has 1 saturated heterocycles. The van der Waals surface area contributed by atoms with E-state index in [1.165, 1.54) is 24.2 Å². The molecule has 0 bridgehead atoms. The fraction of sp³-hybridized carbons (Fsp3) is 0.500. The maximum Gasteiger partial charge on any atom is 0.270 e. The highest BCUT2D eigenvalue weighted by Gasteiger charge is 2.26. The molecule has 0 saturated carbocycles. The van der Waals surface area contributed by atoms with Crippen LogP contribution in [0.15, 0.2) is 21.9 Å². The van der Waals surface area contributed by atoms with Gasteiger partial charge in [-0.15, -0.1) is 11.3 Å². The van der Waals surface area contributed by atoms with Gasteiger partial charge in [0.1, 0.15) is 22.2 Å². The van der Waals surface area contributed by atoms with Gasteiger partial charge in [0.05, 0.1) is 6.04 Å². The largest absolute Gasteiger partial charge is 0.465 e. The van der Waals surface area contributed by atoms with Gasteiger partial charge in [0.25, 0.3) is 5.91 Å². The Hall–Kier alpha value is -1.70. The van der Waals surface area contributed by atoms with Crippen LogP contribution in [0, 0.1) is 6.92 Å². The number of furan rings is 1. The van der Waals surface area contributed by atoms with Crippen LogP contribution in [0.3, 0.4) is 0 Å². The Morgan fingerprint density at radius 1 is 1.48 bits per heavy atom. The molecule has 2 aromatic heterocycles. The van der Waals surface area contributed by atoms with Gasteiger partial charge < -0.3 is 15.5 Å². The molecular formula is C16H22N4O2S. The van der Waals surface area contributed by atoms with Gasteiger partial charge in [0.15, 0.2) is 0 Å². The first-order valence-electron chi connectivity index (χ1n) is 7.90. The van der Waals surface area contributed by atoms with Crippen LogP contribution in [0.4, 0.5) is 0 Å². The summed E-state index contributed by atoms with van der Waals surface area (Å²) < 4.78 is 5.79. The summed E-state index contributed by atoms with van der Waals surface area (Å²) in [6.45, 7) is 4.89. The minimum atomic E-state index is -0.159. The maximum atomic E-state index is 12.3. The molecule has 1 aliphatic rings. The molecule has 3 heterocycles. The van der Waals surface area contributed by atoms with Crippen molar-refractivity contribution in [3.63, 3.8) is 0 Å². The lowest BCUT2D eigenvalue weighted by molar-refractivity contribution is 0.0929. The molecule has 0 aliphatic carbocycles. The highest BCUT2D eigenvalue weighted by Crippen LogP contribution is 2.26. The summed E-state index contributed by atoms with van der Waals surface area (Å²) in [4.78, 5) is 18.9. The third-order valence-electron chi connectivity index (χ3n) is 4.09. The van der Waals surface area contributed by atoms with Crippen LogP contribution in [-0.4, -0.2) is 35.4 Å². The summed E-state index contributed by atoms with van der Waals surface area (Å²) in [6.07, 6.45) is 2.38. The zero-order valence-corrected chi connectivity index (χ0v) is 14.1. The lowest BCUT2D eigenvalue weighted by Gasteiger charge is -2.25. The van der Waals surface area contributed by atoms with Gasteiger partial charge in [0, 0.05) is 18.5 Å². The zero-order valence-electron chi connectivity index (χ0n) is 13.2. The summed E-state index contributed by atoms with van der Waals surface area (Å²) in [5.41, 5.74) is 5.98. The number of likely N-dealkylation sites (tertiary alicyclic amines) is 1. The molecule has 7 heteroatoms. The van der Waals surface area contributed by atoms with E-state index in [0.29, 0.717) is 18.8 Å². The van der Waals surface area contributed by atoms with Gasteiger partial charge in [-0.2, -0.15) is 0 Å². The molecule has 1 fully saturated rings. The van der Waals surface area contributed by atoms with Crippen molar-refractivity contribution in [1.29, 1.82) is 0 Å². The zero-order chi connectivity index (χ0) is 16.2. The van der Waals surface area contributed by atoms with E-state index < -0.39 is 0 Å². The Morgan fingerprint density at radius 3 is 2.87 bits per heavy atom. The molecule has 1 amide bonds. The van der Waals surface area contributed by atoms with Crippen molar-refractivity contribution in [3.8, 4) is 0 Å². The molecular weight excluding hydrogens is 312 g/mol. The third-order valence-corrected chi connectivity index (χ3v) is 4.96. The van der Waals surface area contributed by atoms with E-state index in [-0.39, 0.29) is 11.9 Å². The molecule has 23 heavy (non-hydrogen) atoms. The Labute approximate surface area is 139 Å². The monoisotopic (exact) mass is 334 g/mol. The minimum absolute atomic E-state index is 0.0720. The molecule has 6 nitrogen and oxygen atoms in total. The number of rotatable bonds is 6. The maximum absolute atomic E-state index is 12.3.